The van der Waals surface area contributed by atoms with Crippen molar-refractivity contribution in [1.82, 2.24) is 5.32 Å². The number of aliphatic hydroxyl groups is 2. The normalized spacial score (nSPS) is 24.3. The highest BCUT2D eigenvalue weighted by Gasteiger charge is 2.50. The Hall–Kier alpha value is -4.11. The molecule has 220 valence electrons. The Balaban J connectivity index is 1.39. The van der Waals surface area contributed by atoms with E-state index < -0.39 is 46.6 Å². The third-order valence-electron chi connectivity index (χ3n) is 9.52. The second-order valence-corrected chi connectivity index (χ2v) is 12.0. The first-order valence-electron chi connectivity index (χ1n) is 14.7. The smallest absolute Gasteiger partial charge is 0.255 e. The summed E-state index contributed by atoms with van der Waals surface area (Å²) in [5.74, 6) is -4.82. The zero-order chi connectivity index (χ0) is 29.7. The summed E-state index contributed by atoms with van der Waals surface area (Å²) in [7, 11) is 1.59. The second kappa shape index (κ2) is 10.9. The molecule has 2 aromatic carbocycles. The molecule has 4 aliphatic carbocycles. The van der Waals surface area contributed by atoms with E-state index in [-0.39, 0.29) is 29.1 Å². The summed E-state index contributed by atoms with van der Waals surface area (Å²) in [4.78, 5) is 38.9. The van der Waals surface area contributed by atoms with Gasteiger partial charge in [0.15, 0.2) is 11.6 Å². The summed E-state index contributed by atoms with van der Waals surface area (Å²) in [6.45, 7) is 0.700. The summed E-state index contributed by atoms with van der Waals surface area (Å²) in [5, 5.41) is 36.3. The lowest BCUT2D eigenvalue weighted by atomic mass is 9.62. The first kappa shape index (κ1) is 28.0. The number of amides is 1. The lowest BCUT2D eigenvalue weighted by molar-refractivity contribution is -0.126. The van der Waals surface area contributed by atoms with E-state index in [1.54, 1.807) is 13.2 Å². The van der Waals surface area contributed by atoms with Gasteiger partial charge in [0.1, 0.15) is 28.6 Å². The monoisotopic (exact) mass is 572 g/mol. The maximum absolute atomic E-state index is 13.9. The van der Waals surface area contributed by atoms with Crippen molar-refractivity contribution < 1.29 is 34.4 Å². The van der Waals surface area contributed by atoms with Crippen LogP contribution in [0.25, 0.3) is 11.1 Å². The first-order chi connectivity index (χ1) is 20.2. The van der Waals surface area contributed by atoms with Crippen molar-refractivity contribution in [2.75, 3.05) is 7.11 Å². The van der Waals surface area contributed by atoms with Gasteiger partial charge in [0.25, 0.3) is 5.91 Å². The number of primary amides is 1. The lowest BCUT2D eigenvalue weighted by Gasteiger charge is -2.41. The van der Waals surface area contributed by atoms with Gasteiger partial charge in [-0.2, -0.15) is 0 Å². The van der Waals surface area contributed by atoms with Crippen LogP contribution < -0.4 is 15.8 Å². The number of carbonyl (C=O) groups is 3. The van der Waals surface area contributed by atoms with Crippen LogP contribution in [0, 0.1) is 17.8 Å². The minimum absolute atomic E-state index is 0.000324. The van der Waals surface area contributed by atoms with Crippen LogP contribution >= 0.6 is 0 Å². The van der Waals surface area contributed by atoms with E-state index in [1.807, 2.05) is 12.1 Å². The summed E-state index contributed by atoms with van der Waals surface area (Å²) >= 11 is 0. The third kappa shape index (κ3) is 4.65. The Morgan fingerprint density at radius 2 is 1.79 bits per heavy atom. The number of benzene rings is 2. The zero-order valence-electron chi connectivity index (χ0n) is 23.6. The number of carbonyl (C=O) groups excluding carboxylic acids is 3. The van der Waals surface area contributed by atoms with Crippen molar-refractivity contribution >= 4 is 17.5 Å². The average Bonchev–Trinajstić information content (AvgIpc) is 2.96. The van der Waals surface area contributed by atoms with Gasteiger partial charge in [-0.15, -0.1) is 0 Å². The van der Waals surface area contributed by atoms with Gasteiger partial charge < -0.3 is 31.1 Å². The molecule has 0 spiro atoms. The number of methoxy groups -OCH3 is 1. The molecular weight excluding hydrogens is 536 g/mol. The van der Waals surface area contributed by atoms with Crippen LogP contribution in [0.4, 0.5) is 0 Å². The van der Waals surface area contributed by atoms with E-state index in [9.17, 15) is 29.7 Å². The number of rotatable bonds is 6. The summed E-state index contributed by atoms with van der Waals surface area (Å²) in [6.07, 6.45) is 6.79. The third-order valence-corrected chi connectivity index (χ3v) is 9.52. The Bertz CT molecular complexity index is 1550. The van der Waals surface area contributed by atoms with Crippen LogP contribution in [0.2, 0.25) is 0 Å². The molecule has 4 aliphatic rings. The highest BCUT2D eigenvalue weighted by molar-refractivity contribution is 6.22. The number of hydrogen-bond acceptors (Lipinski definition) is 8. The maximum atomic E-state index is 13.9. The minimum atomic E-state index is -1.14. The molecule has 0 bridgehead atoms. The number of nitrogens with one attached hydrogen (secondary N) is 1. The molecule has 1 fully saturated rings. The van der Waals surface area contributed by atoms with E-state index in [0.29, 0.717) is 36.7 Å². The number of Topliss-reactive ketones (excluding diaryl/α,β-unsaturated/α-hetero) is 2. The molecule has 3 atom stereocenters. The highest BCUT2D eigenvalue weighted by atomic mass is 16.5. The van der Waals surface area contributed by atoms with Crippen LogP contribution in [-0.4, -0.2) is 45.9 Å². The fourth-order valence-electron chi connectivity index (χ4n) is 7.54. The molecule has 42 heavy (non-hydrogen) atoms. The first-order valence-corrected chi connectivity index (χ1v) is 14.7. The minimum Gasteiger partial charge on any atom is -0.511 e. The summed E-state index contributed by atoms with van der Waals surface area (Å²) in [6, 6.07) is 9.75. The molecule has 6 rings (SSSR count). The van der Waals surface area contributed by atoms with Crippen LogP contribution in [-0.2, 0) is 22.6 Å². The van der Waals surface area contributed by atoms with Gasteiger partial charge >= 0.3 is 0 Å². The molecule has 0 aliphatic heterocycles. The molecule has 0 aromatic heterocycles. The molecule has 3 unspecified atom stereocenters. The zero-order valence-corrected chi connectivity index (χ0v) is 23.6. The Morgan fingerprint density at radius 1 is 1.02 bits per heavy atom. The number of phenols is 1. The fourth-order valence-corrected chi connectivity index (χ4v) is 7.54. The number of phenolic OH excluding ortho intramolecular Hbond substituents is 1. The standard InChI is InChI=1S/C33H36N2O7/c1-42-25-10-7-16(15-35-19-5-3-2-4-6-19)11-21(25)20-8-9-23(36)28-22(20)13-17-12-18-14-24(37)29(33(34)41)32(40)27(18)30(38)26(17)31(28)39/h7-11,17-19,27,35-38H,2-6,12-15H2,1H3,(H2,34,41). The number of allylic oxidation sites excluding steroid dienone is 3. The van der Waals surface area contributed by atoms with Crippen molar-refractivity contribution in [1.29, 1.82) is 0 Å². The average molecular weight is 573 g/mol. The molecule has 2 aromatic rings. The van der Waals surface area contributed by atoms with Crippen LogP contribution in [0.5, 0.6) is 11.5 Å². The van der Waals surface area contributed by atoms with Gasteiger partial charge in [-0.3, -0.25) is 14.4 Å². The van der Waals surface area contributed by atoms with Crippen molar-refractivity contribution in [2.24, 2.45) is 23.5 Å². The predicted molar refractivity (Wildman–Crippen MR) is 155 cm³/mol. The number of aromatic hydroxyl groups is 1. The van der Waals surface area contributed by atoms with Crippen molar-refractivity contribution in [3.63, 3.8) is 0 Å². The predicted octanol–water partition coefficient (Wildman–Crippen LogP) is 4.56. The molecule has 0 radical (unpaired) electrons. The molecule has 9 heteroatoms. The van der Waals surface area contributed by atoms with Gasteiger partial charge in [0.05, 0.1) is 18.6 Å². The molecule has 9 nitrogen and oxygen atoms in total. The quantitative estimate of drug-likeness (QED) is 0.315. The summed E-state index contributed by atoms with van der Waals surface area (Å²) in [5.41, 5.74) is 8.25. The number of nitrogens with two attached hydrogens (primary N) is 1. The van der Waals surface area contributed by atoms with Crippen molar-refractivity contribution in [2.45, 2.75) is 64.0 Å². The highest BCUT2D eigenvalue weighted by Crippen LogP contribution is 2.51. The molecule has 1 saturated carbocycles. The number of ether oxygens (including phenoxy) is 1. The SMILES string of the molecule is COc1ccc(CNC2CCCCC2)cc1-c1ccc(O)c2c1CC1CC3CC(O)=C(C(N)=O)C(=O)C3C(O)=C1C2=O. The van der Waals surface area contributed by atoms with Crippen LogP contribution in [0.1, 0.15) is 66.4 Å². The van der Waals surface area contributed by atoms with Gasteiger partial charge in [-0.05, 0) is 72.4 Å². The topological polar surface area (TPSA) is 159 Å². The van der Waals surface area contributed by atoms with E-state index in [1.165, 1.54) is 38.2 Å². The molecule has 0 saturated heterocycles. The van der Waals surface area contributed by atoms with Crippen molar-refractivity contribution in [3.8, 4) is 22.6 Å². The van der Waals surface area contributed by atoms with Crippen LogP contribution in [0.3, 0.4) is 0 Å². The lowest BCUT2D eigenvalue weighted by Crippen LogP contribution is -2.43. The Morgan fingerprint density at radius 3 is 2.50 bits per heavy atom. The molecule has 0 heterocycles. The largest absolute Gasteiger partial charge is 0.511 e. The number of hydrogen-bond donors (Lipinski definition) is 5. The van der Waals surface area contributed by atoms with E-state index >= 15 is 0 Å². The summed E-state index contributed by atoms with van der Waals surface area (Å²) < 4.78 is 5.72. The molecule has 1 amide bonds. The van der Waals surface area contributed by atoms with E-state index in [4.69, 9.17) is 10.5 Å². The van der Waals surface area contributed by atoms with E-state index in [0.717, 1.165) is 16.7 Å². The fraction of sp³-hybridized carbons (Fsp3) is 0.424. The second-order valence-electron chi connectivity index (χ2n) is 12.0. The number of aliphatic hydroxyl groups excluding tert-OH is 2. The number of ketones is 2. The van der Waals surface area contributed by atoms with Crippen molar-refractivity contribution in [3.05, 3.63) is 69.7 Å². The van der Waals surface area contributed by atoms with E-state index in [2.05, 4.69) is 11.4 Å². The maximum Gasteiger partial charge on any atom is 0.255 e. The molecular formula is C33H36N2O7. The number of fused-ring (bicyclic) bond motifs is 3. The van der Waals surface area contributed by atoms with Crippen LogP contribution in [0.15, 0.2) is 53.0 Å². The van der Waals surface area contributed by atoms with Gasteiger partial charge in [-0.25, -0.2) is 0 Å². The molecule has 6 N–H and O–H groups in total. The van der Waals surface area contributed by atoms with Gasteiger partial charge in [0.2, 0.25) is 0 Å². The Kier molecular flexibility index (Phi) is 7.30. The van der Waals surface area contributed by atoms with Gasteiger partial charge in [0, 0.05) is 30.1 Å². The Labute approximate surface area is 244 Å². The van der Waals surface area contributed by atoms with Gasteiger partial charge in [-0.1, -0.05) is 31.4 Å².